The second-order valence-corrected chi connectivity index (χ2v) is 10.6. The average molecular weight is 371 g/mol. The van der Waals surface area contributed by atoms with Gasteiger partial charge >= 0.3 is 7.12 Å². The molecule has 0 amide bonds. The molecule has 0 bridgehead atoms. The van der Waals surface area contributed by atoms with Gasteiger partial charge < -0.3 is 9.31 Å². The highest BCUT2D eigenvalue weighted by Gasteiger charge is 2.52. The van der Waals surface area contributed by atoms with Gasteiger partial charge in [0.15, 0.2) is 0 Å². The molecule has 0 radical (unpaired) electrons. The smallest absolute Gasteiger partial charge is 0.399 e. The molecule has 4 heteroatoms. The van der Waals surface area contributed by atoms with E-state index >= 15 is 0 Å². The van der Waals surface area contributed by atoms with Crippen LogP contribution in [-0.2, 0) is 15.9 Å². The zero-order chi connectivity index (χ0) is 19.9. The Morgan fingerprint density at radius 1 is 1.00 bits per heavy atom. The molecule has 2 heterocycles. The third-order valence-corrected chi connectivity index (χ3v) is 7.00. The molecule has 3 rings (SSSR count). The van der Waals surface area contributed by atoms with Gasteiger partial charge in [-0.3, -0.25) is 4.90 Å². The maximum absolute atomic E-state index is 6.33. The fourth-order valence-electron chi connectivity index (χ4n) is 4.30. The molecule has 2 fully saturated rings. The summed E-state index contributed by atoms with van der Waals surface area (Å²) in [6, 6.07) is 8.65. The normalized spacial score (nSPS) is 26.2. The number of hydrogen-bond donors (Lipinski definition) is 0. The molecule has 1 atom stereocenters. The Morgan fingerprint density at radius 2 is 1.63 bits per heavy atom. The number of rotatable bonds is 3. The zero-order valence-electron chi connectivity index (χ0n) is 18.5. The Bertz CT molecular complexity index is 634. The van der Waals surface area contributed by atoms with Gasteiger partial charge in [-0.15, -0.1) is 0 Å². The lowest BCUT2D eigenvalue weighted by atomic mass is 9.75. The summed E-state index contributed by atoms with van der Waals surface area (Å²) in [5.74, 6) is 0.820. The van der Waals surface area contributed by atoms with Crippen molar-refractivity contribution in [3.8, 4) is 0 Å². The number of hydrogen-bond acceptors (Lipinski definition) is 3. The van der Waals surface area contributed by atoms with Crippen LogP contribution in [0.3, 0.4) is 0 Å². The molecule has 0 aromatic heterocycles. The summed E-state index contributed by atoms with van der Waals surface area (Å²) in [7, 11) is -0.277. The predicted molar refractivity (Wildman–Crippen MR) is 114 cm³/mol. The third-order valence-electron chi connectivity index (χ3n) is 7.00. The van der Waals surface area contributed by atoms with Gasteiger partial charge in [0.1, 0.15) is 0 Å². The molecule has 1 aromatic rings. The van der Waals surface area contributed by atoms with Crippen LogP contribution in [0.4, 0.5) is 0 Å². The van der Waals surface area contributed by atoms with Crippen molar-refractivity contribution in [1.82, 2.24) is 4.90 Å². The second kappa shape index (κ2) is 7.53. The summed E-state index contributed by atoms with van der Waals surface area (Å²) in [6.45, 7) is 19.0. The first-order chi connectivity index (χ1) is 12.5. The first-order valence-electron chi connectivity index (χ1n) is 10.7. The monoisotopic (exact) mass is 371 g/mol. The molecule has 1 unspecified atom stereocenters. The van der Waals surface area contributed by atoms with Crippen LogP contribution in [0.5, 0.6) is 0 Å². The van der Waals surface area contributed by atoms with Crippen molar-refractivity contribution in [2.45, 2.75) is 85.5 Å². The summed E-state index contributed by atoms with van der Waals surface area (Å²) in [5, 5.41) is 0. The van der Waals surface area contributed by atoms with E-state index in [2.05, 4.69) is 77.6 Å². The van der Waals surface area contributed by atoms with E-state index in [4.69, 9.17) is 9.31 Å². The molecule has 3 nitrogen and oxygen atoms in total. The van der Waals surface area contributed by atoms with Crippen molar-refractivity contribution in [2.24, 2.45) is 11.3 Å². The van der Waals surface area contributed by atoms with Crippen LogP contribution >= 0.6 is 0 Å². The SMILES string of the molecule is CC(C)(C)C1CCCN(Cc2ccccc2B2OC(C)(C)C(C)(C)O2)CC1. The highest BCUT2D eigenvalue weighted by atomic mass is 16.7. The van der Waals surface area contributed by atoms with Crippen molar-refractivity contribution in [2.75, 3.05) is 13.1 Å². The zero-order valence-corrected chi connectivity index (χ0v) is 18.5. The molecule has 0 spiro atoms. The Kier molecular flexibility index (Phi) is 5.83. The van der Waals surface area contributed by atoms with Crippen LogP contribution in [-0.4, -0.2) is 36.3 Å². The molecular weight excluding hydrogens is 333 g/mol. The molecule has 0 saturated carbocycles. The van der Waals surface area contributed by atoms with Gasteiger partial charge in [-0.05, 0) is 82.4 Å². The lowest BCUT2D eigenvalue weighted by Gasteiger charge is -2.32. The van der Waals surface area contributed by atoms with Gasteiger partial charge in [-0.1, -0.05) is 45.0 Å². The van der Waals surface area contributed by atoms with Gasteiger partial charge in [0.05, 0.1) is 11.2 Å². The summed E-state index contributed by atoms with van der Waals surface area (Å²) in [4.78, 5) is 2.62. The Morgan fingerprint density at radius 3 is 2.26 bits per heavy atom. The van der Waals surface area contributed by atoms with Crippen LogP contribution in [0, 0.1) is 11.3 Å². The first kappa shape index (κ1) is 20.9. The van der Waals surface area contributed by atoms with Crippen LogP contribution in [0.2, 0.25) is 0 Å². The predicted octanol–water partition coefficient (Wildman–Crippen LogP) is 4.63. The van der Waals surface area contributed by atoms with E-state index in [-0.39, 0.29) is 18.3 Å². The highest BCUT2D eigenvalue weighted by Crippen LogP contribution is 2.37. The van der Waals surface area contributed by atoms with E-state index in [1.54, 1.807) is 0 Å². The third kappa shape index (κ3) is 4.60. The van der Waals surface area contributed by atoms with E-state index in [0.717, 1.165) is 12.5 Å². The Balaban J connectivity index is 1.72. The molecule has 1 aromatic carbocycles. The number of benzene rings is 1. The molecule has 0 aliphatic carbocycles. The van der Waals surface area contributed by atoms with Gasteiger partial charge in [-0.2, -0.15) is 0 Å². The molecule has 2 aliphatic heterocycles. The summed E-state index contributed by atoms with van der Waals surface area (Å²) >= 11 is 0. The van der Waals surface area contributed by atoms with Crippen molar-refractivity contribution in [3.05, 3.63) is 29.8 Å². The van der Waals surface area contributed by atoms with Crippen molar-refractivity contribution in [3.63, 3.8) is 0 Å². The maximum Gasteiger partial charge on any atom is 0.495 e. The van der Waals surface area contributed by atoms with Crippen LogP contribution < -0.4 is 5.46 Å². The van der Waals surface area contributed by atoms with Gasteiger partial charge in [-0.25, -0.2) is 0 Å². The maximum atomic E-state index is 6.33. The van der Waals surface area contributed by atoms with Crippen LogP contribution in [0.15, 0.2) is 24.3 Å². The molecule has 150 valence electrons. The second-order valence-electron chi connectivity index (χ2n) is 10.6. The van der Waals surface area contributed by atoms with Gasteiger partial charge in [0, 0.05) is 6.54 Å². The summed E-state index contributed by atoms with van der Waals surface area (Å²) in [5.41, 5.74) is 2.34. The largest absolute Gasteiger partial charge is 0.495 e. The van der Waals surface area contributed by atoms with Gasteiger partial charge in [0.25, 0.3) is 0 Å². The quantitative estimate of drug-likeness (QED) is 0.723. The Labute approximate surface area is 167 Å². The van der Waals surface area contributed by atoms with E-state index in [1.165, 1.54) is 43.4 Å². The number of likely N-dealkylation sites (tertiary alicyclic amines) is 1. The average Bonchev–Trinajstić information content (AvgIpc) is 2.71. The van der Waals surface area contributed by atoms with Crippen LogP contribution in [0.1, 0.15) is 73.3 Å². The lowest BCUT2D eigenvalue weighted by Crippen LogP contribution is -2.41. The topological polar surface area (TPSA) is 21.7 Å². The van der Waals surface area contributed by atoms with Crippen molar-refractivity contribution < 1.29 is 9.31 Å². The van der Waals surface area contributed by atoms with Gasteiger partial charge in [0.2, 0.25) is 0 Å². The molecule has 2 saturated heterocycles. The van der Waals surface area contributed by atoms with E-state index in [9.17, 15) is 0 Å². The Hall–Kier alpha value is -0.835. The molecule has 2 aliphatic rings. The first-order valence-corrected chi connectivity index (χ1v) is 10.7. The van der Waals surface area contributed by atoms with Crippen molar-refractivity contribution >= 4 is 12.6 Å². The fourth-order valence-corrected chi connectivity index (χ4v) is 4.30. The molecule has 0 N–H and O–H groups in total. The highest BCUT2D eigenvalue weighted by molar-refractivity contribution is 6.62. The fraction of sp³-hybridized carbons (Fsp3) is 0.739. The number of nitrogens with zero attached hydrogens (tertiary/aromatic N) is 1. The molecular formula is C23H38BNO2. The van der Waals surface area contributed by atoms with E-state index in [1.807, 2.05) is 0 Å². The van der Waals surface area contributed by atoms with Crippen LogP contribution in [0.25, 0.3) is 0 Å². The standard InChI is InChI=1S/C23H38BNO2/c1-21(2,3)19-12-10-15-25(16-14-19)17-18-11-8-9-13-20(18)24-26-22(4,5)23(6,7)27-24/h8-9,11,13,19H,10,12,14-17H2,1-7H3. The minimum atomic E-state index is -0.298. The van der Waals surface area contributed by atoms with Crippen molar-refractivity contribution in [1.29, 1.82) is 0 Å². The minimum Gasteiger partial charge on any atom is -0.399 e. The summed E-state index contributed by atoms with van der Waals surface area (Å²) in [6.07, 6.45) is 3.93. The summed E-state index contributed by atoms with van der Waals surface area (Å²) < 4.78 is 12.7. The molecule has 27 heavy (non-hydrogen) atoms. The minimum absolute atomic E-state index is 0.277. The lowest BCUT2D eigenvalue weighted by molar-refractivity contribution is 0.00578. The van der Waals surface area contributed by atoms with E-state index < -0.39 is 0 Å². The van der Waals surface area contributed by atoms with E-state index in [0.29, 0.717) is 5.41 Å².